The van der Waals surface area contributed by atoms with Crippen LogP contribution in [0.3, 0.4) is 0 Å². The Kier molecular flexibility index (Phi) is 4.85. The zero-order chi connectivity index (χ0) is 18.9. The number of benzene rings is 1. The number of rotatable bonds is 3. The summed E-state index contributed by atoms with van der Waals surface area (Å²) in [6.07, 6.45) is 3.89. The van der Waals surface area contributed by atoms with Gasteiger partial charge in [0.2, 0.25) is 0 Å². The van der Waals surface area contributed by atoms with Gasteiger partial charge in [-0.15, -0.1) is 0 Å². The van der Waals surface area contributed by atoms with Crippen LogP contribution in [0, 0.1) is 0 Å². The average Bonchev–Trinajstić information content (AvgIpc) is 2.69. The van der Waals surface area contributed by atoms with Gasteiger partial charge in [0.05, 0.1) is 23.4 Å². The number of hydrogen-bond acceptors (Lipinski definition) is 5. The molecule has 3 heterocycles. The Morgan fingerprint density at radius 1 is 1.15 bits per heavy atom. The molecule has 6 heteroatoms. The van der Waals surface area contributed by atoms with E-state index < -0.39 is 5.97 Å². The minimum atomic E-state index is -0.969. The van der Waals surface area contributed by atoms with Gasteiger partial charge in [-0.3, -0.25) is 0 Å². The van der Waals surface area contributed by atoms with Crippen LogP contribution in [-0.2, 0) is 4.74 Å². The molecule has 2 N–H and O–H groups in total. The van der Waals surface area contributed by atoms with Crippen LogP contribution in [0.2, 0.25) is 0 Å². The van der Waals surface area contributed by atoms with Gasteiger partial charge in [0.25, 0.3) is 0 Å². The number of carboxylic acid groups (broad SMARTS) is 1. The van der Waals surface area contributed by atoms with Gasteiger partial charge in [0.1, 0.15) is 5.82 Å². The number of piperidine rings is 1. The quantitative estimate of drug-likeness (QED) is 0.867. The Bertz CT molecular complexity index is 786. The van der Waals surface area contributed by atoms with Crippen molar-refractivity contribution in [1.82, 2.24) is 4.98 Å². The molecule has 0 radical (unpaired) electrons. The molecule has 0 saturated carbocycles. The van der Waals surface area contributed by atoms with Crippen molar-refractivity contribution in [2.45, 2.75) is 43.5 Å². The number of pyridine rings is 1. The maximum atomic E-state index is 11.0. The maximum absolute atomic E-state index is 11.0. The first-order valence-electron chi connectivity index (χ1n) is 9.40. The maximum Gasteiger partial charge on any atom is 0.337 e. The number of carbonyl (C=O) groups is 1. The molecule has 2 saturated heterocycles. The number of anilines is 1. The smallest absolute Gasteiger partial charge is 0.337 e. The summed E-state index contributed by atoms with van der Waals surface area (Å²) in [6, 6.07) is 13.4. The van der Waals surface area contributed by atoms with Crippen molar-refractivity contribution < 1.29 is 19.7 Å². The standard InChI is InChI=1S/C21H24N2O4/c24-17-12-18(15-4-2-1-3-5-15)27-21(13-17)8-10-23(11-9-21)19-7-6-16(14-22-19)20(25)26/h1-7,14,17-18,24H,8-13H2,(H,25,26)/t17-,18+/m0/s1. The molecule has 0 amide bonds. The van der Waals surface area contributed by atoms with Crippen LogP contribution in [0.1, 0.15) is 47.7 Å². The van der Waals surface area contributed by atoms with Gasteiger partial charge < -0.3 is 19.8 Å². The molecule has 0 aliphatic carbocycles. The van der Waals surface area contributed by atoms with E-state index in [1.54, 1.807) is 12.1 Å². The van der Waals surface area contributed by atoms with Gasteiger partial charge in [0.15, 0.2) is 0 Å². The molecule has 1 spiro atoms. The highest BCUT2D eigenvalue weighted by Gasteiger charge is 2.43. The third-order valence-corrected chi connectivity index (χ3v) is 5.65. The van der Waals surface area contributed by atoms with E-state index in [2.05, 4.69) is 22.0 Å². The van der Waals surface area contributed by atoms with E-state index in [-0.39, 0.29) is 23.4 Å². The number of carboxylic acids is 1. The molecule has 2 aliphatic rings. The average molecular weight is 368 g/mol. The Hall–Kier alpha value is -2.44. The van der Waals surface area contributed by atoms with E-state index in [0.29, 0.717) is 12.8 Å². The third-order valence-electron chi connectivity index (χ3n) is 5.65. The largest absolute Gasteiger partial charge is 0.478 e. The number of hydrogen-bond donors (Lipinski definition) is 2. The Balaban J connectivity index is 1.44. The lowest BCUT2D eigenvalue weighted by atomic mass is 9.81. The van der Waals surface area contributed by atoms with E-state index in [4.69, 9.17) is 9.84 Å². The Labute approximate surface area is 158 Å². The monoisotopic (exact) mass is 368 g/mol. The molecule has 142 valence electrons. The molecule has 1 aromatic heterocycles. The van der Waals surface area contributed by atoms with Crippen molar-refractivity contribution in [2.24, 2.45) is 0 Å². The summed E-state index contributed by atoms with van der Waals surface area (Å²) >= 11 is 0. The predicted octanol–water partition coefficient (Wildman–Crippen LogP) is 3.03. The molecule has 1 aromatic carbocycles. The third kappa shape index (κ3) is 3.82. The minimum Gasteiger partial charge on any atom is -0.478 e. The lowest BCUT2D eigenvalue weighted by Gasteiger charge is -2.48. The molecular formula is C21H24N2O4. The first kappa shape index (κ1) is 17.9. The number of ether oxygens (including phenoxy) is 1. The summed E-state index contributed by atoms with van der Waals surface area (Å²) < 4.78 is 6.52. The van der Waals surface area contributed by atoms with Gasteiger partial charge in [-0.05, 0) is 30.5 Å². The van der Waals surface area contributed by atoms with Crippen molar-refractivity contribution in [2.75, 3.05) is 18.0 Å². The van der Waals surface area contributed by atoms with Crippen molar-refractivity contribution in [3.05, 3.63) is 59.8 Å². The lowest BCUT2D eigenvalue weighted by molar-refractivity contribution is -0.173. The van der Waals surface area contributed by atoms with Crippen LogP contribution in [0.15, 0.2) is 48.7 Å². The SMILES string of the molecule is O=C(O)c1ccc(N2CCC3(CC2)C[C@@H](O)C[C@H](c2ccccc2)O3)nc1. The Morgan fingerprint density at radius 3 is 2.52 bits per heavy atom. The molecule has 27 heavy (non-hydrogen) atoms. The van der Waals surface area contributed by atoms with E-state index in [1.807, 2.05) is 18.2 Å². The summed E-state index contributed by atoms with van der Waals surface area (Å²) in [5.41, 5.74) is 0.996. The van der Waals surface area contributed by atoms with Crippen molar-refractivity contribution in [3.63, 3.8) is 0 Å². The summed E-state index contributed by atoms with van der Waals surface area (Å²) in [6.45, 7) is 1.54. The summed E-state index contributed by atoms with van der Waals surface area (Å²) in [7, 11) is 0. The number of aliphatic hydroxyl groups excluding tert-OH is 1. The molecule has 2 fully saturated rings. The second kappa shape index (κ2) is 7.29. The molecule has 6 nitrogen and oxygen atoms in total. The molecule has 2 atom stereocenters. The second-order valence-electron chi connectivity index (χ2n) is 7.49. The first-order valence-corrected chi connectivity index (χ1v) is 9.40. The number of aliphatic hydroxyl groups is 1. The van der Waals surface area contributed by atoms with Gasteiger partial charge in [0, 0.05) is 32.1 Å². The topological polar surface area (TPSA) is 82.9 Å². The zero-order valence-electron chi connectivity index (χ0n) is 15.1. The minimum absolute atomic E-state index is 0.0746. The second-order valence-corrected chi connectivity index (χ2v) is 7.49. The first-order chi connectivity index (χ1) is 13.0. The summed E-state index contributed by atoms with van der Waals surface area (Å²) in [4.78, 5) is 17.4. The molecule has 4 rings (SSSR count). The van der Waals surface area contributed by atoms with Crippen molar-refractivity contribution >= 4 is 11.8 Å². The Morgan fingerprint density at radius 2 is 1.89 bits per heavy atom. The van der Waals surface area contributed by atoms with Gasteiger partial charge in [-0.1, -0.05) is 30.3 Å². The van der Waals surface area contributed by atoms with Crippen LogP contribution in [0.5, 0.6) is 0 Å². The normalized spacial score (nSPS) is 24.7. The number of aromatic carboxylic acids is 1. The zero-order valence-corrected chi connectivity index (χ0v) is 15.1. The van der Waals surface area contributed by atoms with Gasteiger partial charge in [-0.2, -0.15) is 0 Å². The molecule has 0 bridgehead atoms. The number of nitrogens with zero attached hydrogens (tertiary/aromatic N) is 2. The fourth-order valence-corrected chi connectivity index (χ4v) is 4.19. The predicted molar refractivity (Wildman–Crippen MR) is 101 cm³/mol. The summed E-state index contributed by atoms with van der Waals surface area (Å²) in [5, 5.41) is 19.5. The van der Waals surface area contributed by atoms with Crippen molar-refractivity contribution in [3.8, 4) is 0 Å². The van der Waals surface area contributed by atoms with E-state index in [1.165, 1.54) is 6.20 Å². The highest BCUT2D eigenvalue weighted by Crippen LogP contribution is 2.43. The van der Waals surface area contributed by atoms with Gasteiger partial charge >= 0.3 is 5.97 Å². The molecule has 2 aliphatic heterocycles. The number of aromatic nitrogens is 1. The van der Waals surface area contributed by atoms with Crippen LogP contribution < -0.4 is 4.90 Å². The van der Waals surface area contributed by atoms with Crippen LogP contribution >= 0.6 is 0 Å². The fraction of sp³-hybridized carbons (Fsp3) is 0.429. The summed E-state index contributed by atoms with van der Waals surface area (Å²) in [5.74, 6) is -0.186. The van der Waals surface area contributed by atoms with Crippen LogP contribution in [0.4, 0.5) is 5.82 Å². The van der Waals surface area contributed by atoms with Gasteiger partial charge in [-0.25, -0.2) is 9.78 Å². The van der Waals surface area contributed by atoms with E-state index >= 15 is 0 Å². The van der Waals surface area contributed by atoms with Crippen LogP contribution in [0.25, 0.3) is 0 Å². The van der Waals surface area contributed by atoms with E-state index in [9.17, 15) is 9.90 Å². The highest BCUT2D eigenvalue weighted by atomic mass is 16.5. The van der Waals surface area contributed by atoms with E-state index in [0.717, 1.165) is 37.3 Å². The molecule has 2 aromatic rings. The lowest BCUT2D eigenvalue weighted by Crippen LogP contribution is -2.51. The van der Waals surface area contributed by atoms with Crippen molar-refractivity contribution in [1.29, 1.82) is 0 Å². The molecule has 0 unspecified atom stereocenters. The molecular weight excluding hydrogens is 344 g/mol. The fourth-order valence-electron chi connectivity index (χ4n) is 4.19. The van der Waals surface area contributed by atoms with Crippen LogP contribution in [-0.4, -0.2) is 46.0 Å². The highest BCUT2D eigenvalue weighted by molar-refractivity contribution is 5.87.